The van der Waals surface area contributed by atoms with Crippen LogP contribution in [-0.4, -0.2) is 37.2 Å². The molecule has 0 aliphatic heterocycles. The second-order valence-corrected chi connectivity index (χ2v) is 5.00. The van der Waals surface area contributed by atoms with Crippen LogP contribution in [0, 0.1) is 5.92 Å². The third kappa shape index (κ3) is 7.68. The number of hydrogen-bond donors (Lipinski definition) is 1. The van der Waals surface area contributed by atoms with E-state index in [0.29, 0.717) is 12.5 Å². The van der Waals surface area contributed by atoms with Crippen LogP contribution in [0.2, 0.25) is 0 Å². The van der Waals surface area contributed by atoms with Gasteiger partial charge < -0.3 is 10.1 Å². The summed E-state index contributed by atoms with van der Waals surface area (Å²) in [6, 6.07) is -0.149. The summed E-state index contributed by atoms with van der Waals surface area (Å²) in [5.41, 5.74) is 0. The SMILES string of the molecule is CCOC(=O)C(CCSCC(C)C)NC. The van der Waals surface area contributed by atoms with Gasteiger partial charge in [-0.25, -0.2) is 0 Å². The summed E-state index contributed by atoms with van der Waals surface area (Å²) in [6.45, 7) is 6.69. The Balaban J connectivity index is 3.65. The van der Waals surface area contributed by atoms with Gasteiger partial charge in [-0.1, -0.05) is 13.8 Å². The van der Waals surface area contributed by atoms with E-state index in [2.05, 4.69) is 19.2 Å². The molecule has 0 spiro atoms. The first-order valence-corrected chi connectivity index (χ1v) is 6.68. The van der Waals surface area contributed by atoms with Gasteiger partial charge in [0.1, 0.15) is 6.04 Å². The van der Waals surface area contributed by atoms with E-state index >= 15 is 0 Å². The molecular weight excluding hydrogens is 210 g/mol. The van der Waals surface area contributed by atoms with Crippen LogP contribution in [0.1, 0.15) is 27.2 Å². The molecule has 0 radical (unpaired) electrons. The monoisotopic (exact) mass is 233 g/mol. The van der Waals surface area contributed by atoms with Crippen molar-refractivity contribution in [1.29, 1.82) is 0 Å². The first kappa shape index (κ1) is 14.8. The predicted molar refractivity (Wildman–Crippen MR) is 66.3 cm³/mol. The molecule has 15 heavy (non-hydrogen) atoms. The minimum Gasteiger partial charge on any atom is -0.465 e. The van der Waals surface area contributed by atoms with Crippen LogP contribution < -0.4 is 5.32 Å². The average Bonchev–Trinajstić information content (AvgIpc) is 2.17. The van der Waals surface area contributed by atoms with Gasteiger partial charge in [-0.05, 0) is 37.8 Å². The molecule has 0 saturated heterocycles. The van der Waals surface area contributed by atoms with Gasteiger partial charge in [-0.15, -0.1) is 0 Å². The van der Waals surface area contributed by atoms with Gasteiger partial charge in [-0.3, -0.25) is 4.79 Å². The molecule has 90 valence electrons. The highest BCUT2D eigenvalue weighted by molar-refractivity contribution is 7.99. The van der Waals surface area contributed by atoms with Crippen molar-refractivity contribution in [2.75, 3.05) is 25.2 Å². The van der Waals surface area contributed by atoms with Crippen LogP contribution >= 0.6 is 11.8 Å². The largest absolute Gasteiger partial charge is 0.465 e. The molecule has 1 atom stereocenters. The lowest BCUT2D eigenvalue weighted by Crippen LogP contribution is -2.36. The minimum absolute atomic E-state index is 0.134. The Morgan fingerprint density at radius 1 is 1.47 bits per heavy atom. The van der Waals surface area contributed by atoms with E-state index < -0.39 is 0 Å². The maximum absolute atomic E-state index is 11.4. The second kappa shape index (κ2) is 9.04. The molecule has 0 aromatic heterocycles. The Kier molecular flexibility index (Phi) is 8.91. The Hall–Kier alpha value is -0.220. The number of thioether (sulfide) groups is 1. The van der Waals surface area contributed by atoms with Crippen LogP contribution in [0.5, 0.6) is 0 Å². The molecule has 1 N–H and O–H groups in total. The maximum atomic E-state index is 11.4. The summed E-state index contributed by atoms with van der Waals surface area (Å²) in [6.07, 6.45) is 0.840. The maximum Gasteiger partial charge on any atom is 0.323 e. The molecule has 0 aliphatic rings. The number of carbonyl (C=O) groups is 1. The summed E-state index contributed by atoms with van der Waals surface area (Å²) in [7, 11) is 1.80. The fourth-order valence-corrected chi connectivity index (χ4v) is 2.18. The predicted octanol–water partition coefficient (Wildman–Crippen LogP) is 1.92. The standard InChI is InChI=1S/C11H23NO2S/c1-5-14-11(13)10(12-4)6-7-15-8-9(2)3/h9-10,12H,5-8H2,1-4H3. The minimum atomic E-state index is -0.149. The van der Waals surface area contributed by atoms with Gasteiger partial charge in [0.15, 0.2) is 0 Å². The molecule has 0 aromatic rings. The zero-order chi connectivity index (χ0) is 11.7. The highest BCUT2D eigenvalue weighted by Crippen LogP contribution is 2.10. The first-order valence-electron chi connectivity index (χ1n) is 5.53. The molecular formula is C11H23NO2S. The normalized spacial score (nSPS) is 12.9. The Morgan fingerprint density at radius 2 is 2.13 bits per heavy atom. The van der Waals surface area contributed by atoms with Crippen LogP contribution in [0.3, 0.4) is 0 Å². The second-order valence-electron chi connectivity index (χ2n) is 3.85. The van der Waals surface area contributed by atoms with Crippen LogP contribution in [-0.2, 0) is 9.53 Å². The van der Waals surface area contributed by atoms with E-state index in [1.165, 1.54) is 0 Å². The molecule has 1 unspecified atom stereocenters. The lowest BCUT2D eigenvalue weighted by molar-refractivity contribution is -0.145. The van der Waals surface area contributed by atoms with Crippen molar-refractivity contribution in [3.63, 3.8) is 0 Å². The summed E-state index contributed by atoms with van der Waals surface area (Å²) in [4.78, 5) is 11.4. The first-order chi connectivity index (χ1) is 7.11. The summed E-state index contributed by atoms with van der Waals surface area (Å²) < 4.78 is 4.96. The van der Waals surface area contributed by atoms with Crippen molar-refractivity contribution < 1.29 is 9.53 Å². The van der Waals surface area contributed by atoms with Crippen LogP contribution in [0.25, 0.3) is 0 Å². The lowest BCUT2D eigenvalue weighted by Gasteiger charge is -2.14. The molecule has 0 saturated carbocycles. The topological polar surface area (TPSA) is 38.3 Å². The Morgan fingerprint density at radius 3 is 2.60 bits per heavy atom. The number of hydrogen-bond acceptors (Lipinski definition) is 4. The van der Waals surface area contributed by atoms with Crippen molar-refractivity contribution in [2.24, 2.45) is 5.92 Å². The summed E-state index contributed by atoms with van der Waals surface area (Å²) in [5, 5.41) is 2.99. The van der Waals surface area contributed by atoms with E-state index in [-0.39, 0.29) is 12.0 Å². The Bertz CT molecular complexity index is 174. The third-order valence-electron chi connectivity index (χ3n) is 1.92. The molecule has 0 aromatic carbocycles. The van der Waals surface area contributed by atoms with Crippen molar-refractivity contribution >= 4 is 17.7 Å². The van der Waals surface area contributed by atoms with Crippen molar-refractivity contribution in [2.45, 2.75) is 33.2 Å². The van der Waals surface area contributed by atoms with E-state index in [1.54, 1.807) is 7.05 Å². The zero-order valence-corrected chi connectivity index (χ0v) is 11.0. The van der Waals surface area contributed by atoms with E-state index in [9.17, 15) is 4.79 Å². The molecule has 3 nitrogen and oxygen atoms in total. The number of ether oxygens (including phenoxy) is 1. The number of rotatable bonds is 8. The van der Waals surface area contributed by atoms with Gasteiger partial charge in [-0.2, -0.15) is 11.8 Å². The van der Waals surface area contributed by atoms with Gasteiger partial charge in [0.25, 0.3) is 0 Å². The average molecular weight is 233 g/mol. The molecule has 0 amide bonds. The fraction of sp³-hybridized carbons (Fsp3) is 0.909. The fourth-order valence-electron chi connectivity index (χ4n) is 1.14. The van der Waals surface area contributed by atoms with Crippen molar-refractivity contribution in [1.82, 2.24) is 5.32 Å². The van der Waals surface area contributed by atoms with Crippen LogP contribution in [0.15, 0.2) is 0 Å². The van der Waals surface area contributed by atoms with Gasteiger partial charge >= 0.3 is 5.97 Å². The smallest absolute Gasteiger partial charge is 0.323 e. The van der Waals surface area contributed by atoms with Crippen molar-refractivity contribution in [3.05, 3.63) is 0 Å². The molecule has 4 heteroatoms. The number of carbonyl (C=O) groups excluding carboxylic acids is 1. The highest BCUT2D eigenvalue weighted by Gasteiger charge is 2.16. The molecule has 0 bridgehead atoms. The van der Waals surface area contributed by atoms with Crippen molar-refractivity contribution in [3.8, 4) is 0 Å². The molecule has 0 aliphatic carbocycles. The van der Waals surface area contributed by atoms with Crippen LogP contribution in [0.4, 0.5) is 0 Å². The quantitative estimate of drug-likeness (QED) is 0.513. The third-order valence-corrected chi connectivity index (χ3v) is 3.35. The number of nitrogens with one attached hydrogen (secondary N) is 1. The van der Waals surface area contributed by atoms with Gasteiger partial charge in [0, 0.05) is 0 Å². The van der Waals surface area contributed by atoms with E-state index in [4.69, 9.17) is 4.74 Å². The lowest BCUT2D eigenvalue weighted by atomic mass is 10.2. The zero-order valence-electron chi connectivity index (χ0n) is 10.2. The molecule has 0 heterocycles. The number of likely N-dealkylation sites (N-methyl/N-ethyl adjacent to an activating group) is 1. The van der Waals surface area contributed by atoms with E-state index in [1.807, 2.05) is 18.7 Å². The number of esters is 1. The Labute approximate surface area is 97.3 Å². The molecule has 0 fully saturated rings. The van der Waals surface area contributed by atoms with Gasteiger partial charge in [0.05, 0.1) is 6.61 Å². The summed E-state index contributed by atoms with van der Waals surface area (Å²) in [5.74, 6) is 2.73. The van der Waals surface area contributed by atoms with E-state index in [0.717, 1.165) is 17.9 Å². The summed E-state index contributed by atoms with van der Waals surface area (Å²) >= 11 is 1.89. The highest BCUT2D eigenvalue weighted by atomic mass is 32.2. The molecule has 0 rings (SSSR count). The van der Waals surface area contributed by atoms with Gasteiger partial charge in [0.2, 0.25) is 0 Å².